The zero-order chi connectivity index (χ0) is 36.9. The number of aromatic hydroxyl groups is 1. The molecule has 4 aliphatic rings. The second-order valence-electron chi connectivity index (χ2n) is 13.5. The van der Waals surface area contributed by atoms with E-state index < -0.39 is 116 Å². The van der Waals surface area contributed by atoms with Crippen molar-refractivity contribution in [3.8, 4) is 11.5 Å². The normalized spacial score (nSPS) is 38.3. The number of aliphatic hydroxyl groups is 4. The van der Waals surface area contributed by atoms with Crippen LogP contribution in [0, 0.1) is 11.1 Å². The van der Waals surface area contributed by atoms with Crippen molar-refractivity contribution >= 4 is 34.8 Å². The highest BCUT2D eigenvalue weighted by Gasteiger charge is 2.75. The van der Waals surface area contributed by atoms with E-state index in [1.54, 1.807) is 6.92 Å². The molecule has 0 aromatic heterocycles. The van der Waals surface area contributed by atoms with Crippen LogP contribution in [0.15, 0.2) is 23.0 Å². The van der Waals surface area contributed by atoms with Gasteiger partial charge in [0.25, 0.3) is 5.91 Å². The number of benzene rings is 1. The van der Waals surface area contributed by atoms with E-state index in [1.807, 2.05) is 0 Å². The van der Waals surface area contributed by atoms with E-state index in [4.69, 9.17) is 36.3 Å². The number of fused-ring (bicyclic) bond motifs is 3. The summed E-state index contributed by atoms with van der Waals surface area (Å²) >= 11 is 6.83. The van der Waals surface area contributed by atoms with Crippen molar-refractivity contribution < 1.29 is 69.3 Å². The number of halogens is 1. The van der Waals surface area contributed by atoms with E-state index in [9.17, 15) is 50.3 Å². The number of primary amides is 1. The van der Waals surface area contributed by atoms with Crippen LogP contribution in [0.3, 0.4) is 0 Å². The molecule has 1 amide bonds. The molecular weight excluding hydrogens is 674 g/mol. The number of nitrogens with zero attached hydrogens (tertiary/aromatic N) is 1. The third-order valence-corrected chi connectivity index (χ3v) is 10.9. The maximum Gasteiger partial charge on any atom is 0.255 e. The quantitative estimate of drug-likeness (QED) is 0.126. The first-order valence-corrected chi connectivity index (χ1v) is 15.5. The molecule has 9 N–H and O–H groups in total. The number of nitrogens with one attached hydrogen (secondary N) is 1. The number of quaternary nitrogens is 1. The van der Waals surface area contributed by atoms with Gasteiger partial charge in [-0.15, -0.1) is 0 Å². The Morgan fingerprint density at radius 1 is 1.16 bits per heavy atom. The molecule has 0 spiro atoms. The van der Waals surface area contributed by atoms with Gasteiger partial charge in [-0.2, -0.15) is 0 Å². The number of likely N-dealkylation sites (N-methyl/N-ethyl adjacent to an activating group) is 1. The Morgan fingerprint density at radius 3 is 2.29 bits per heavy atom. The lowest BCUT2D eigenvalue weighted by molar-refractivity contribution is -1.09. The Hall–Kier alpha value is -3.36. The molecule has 1 saturated heterocycles. The van der Waals surface area contributed by atoms with Gasteiger partial charge < -0.3 is 55.4 Å². The Balaban J connectivity index is 1.82. The maximum atomic E-state index is 14.6. The number of carbonyl (C=O) groups excluding carboxylic acids is 3. The lowest BCUT2D eigenvalue weighted by atomic mass is 9.52. The number of hydroxylamine groups is 2. The van der Waals surface area contributed by atoms with Crippen LogP contribution in [0.5, 0.6) is 11.5 Å². The number of Topliss-reactive ketones (excluding diaryl/α,β-unsaturated/α-hetero) is 2. The third kappa shape index (κ3) is 4.76. The molecule has 1 aromatic rings. The second kappa shape index (κ2) is 11.9. The summed E-state index contributed by atoms with van der Waals surface area (Å²) in [5.41, 5.74) is -7.02. The van der Waals surface area contributed by atoms with Gasteiger partial charge in [-0.25, -0.2) is 10.4 Å². The van der Waals surface area contributed by atoms with Crippen molar-refractivity contribution in [2.24, 2.45) is 11.7 Å². The summed E-state index contributed by atoms with van der Waals surface area (Å²) in [5.74, 6) is -9.00. The van der Waals surface area contributed by atoms with Gasteiger partial charge in [0.05, 0.1) is 30.2 Å². The van der Waals surface area contributed by atoms with Gasteiger partial charge >= 0.3 is 0 Å². The lowest BCUT2D eigenvalue weighted by Crippen LogP contribution is -3.16. The molecule has 49 heavy (non-hydrogen) atoms. The fourth-order valence-electron chi connectivity index (χ4n) is 8.29. The summed E-state index contributed by atoms with van der Waals surface area (Å²) in [7, 11) is 5.21. The Bertz CT molecular complexity index is 1700. The van der Waals surface area contributed by atoms with Crippen molar-refractivity contribution in [1.82, 2.24) is 4.90 Å². The molecule has 10 unspecified atom stereocenters. The number of hydrogen-bond donors (Lipinski definition) is 8. The number of aliphatic hydroxyl groups excluding tert-OH is 2. The highest BCUT2D eigenvalue weighted by atomic mass is 35.5. The maximum absolute atomic E-state index is 14.6. The van der Waals surface area contributed by atoms with Crippen LogP contribution in [-0.4, -0.2) is 123 Å². The molecule has 18 heteroatoms. The Labute approximate surface area is 285 Å². The first kappa shape index (κ1) is 36.9. The number of carbonyl (C=O) groups is 3. The molecule has 2 fully saturated rings. The zero-order valence-electron chi connectivity index (χ0n) is 27.7. The number of ketones is 2. The lowest BCUT2D eigenvalue weighted by Gasteiger charge is -2.58. The zero-order valence-corrected chi connectivity index (χ0v) is 28.5. The largest absolute Gasteiger partial charge is 0.600 e. The highest BCUT2D eigenvalue weighted by Crippen LogP contribution is 2.62. The van der Waals surface area contributed by atoms with Crippen LogP contribution in [0.1, 0.15) is 44.7 Å². The predicted octanol–water partition coefficient (Wildman–Crippen LogP) is -0.889. The van der Waals surface area contributed by atoms with Crippen LogP contribution in [0.4, 0.5) is 0 Å². The first-order chi connectivity index (χ1) is 22.6. The van der Waals surface area contributed by atoms with Crippen molar-refractivity contribution in [3.63, 3.8) is 0 Å². The fraction of sp³-hybridized carbons (Fsp3) is 0.581. The number of amides is 1. The SMILES string of the molecule is COc1cc(O)c2c(c1Cl)C(C)(OC1CC(C)([NH+]([O-])O)C(OC)C(C)O1)C1CC3(O)C(N(C)C)C(=O)C(C(N)=O)=C(O)C3(O)C(=O)C1=C2O. The average Bonchev–Trinajstić information content (AvgIpc) is 2.98. The summed E-state index contributed by atoms with van der Waals surface area (Å²) in [6.45, 7) is 4.38. The minimum absolute atomic E-state index is 0.0974. The van der Waals surface area contributed by atoms with Crippen LogP contribution >= 0.6 is 11.6 Å². The number of ether oxygens (including phenoxy) is 4. The molecule has 1 aromatic carbocycles. The summed E-state index contributed by atoms with van der Waals surface area (Å²) in [6.07, 6.45) is -4.36. The molecule has 3 aliphatic carbocycles. The van der Waals surface area contributed by atoms with E-state index in [0.717, 1.165) is 11.0 Å². The van der Waals surface area contributed by atoms with E-state index in [0.29, 0.717) is 0 Å². The smallest absolute Gasteiger partial charge is 0.255 e. The van der Waals surface area contributed by atoms with Crippen LogP contribution in [0.2, 0.25) is 5.02 Å². The fourth-order valence-corrected chi connectivity index (χ4v) is 8.71. The number of phenols is 1. The summed E-state index contributed by atoms with van der Waals surface area (Å²) in [4.78, 5) is 41.7. The van der Waals surface area contributed by atoms with E-state index in [-0.39, 0.29) is 22.8 Å². The van der Waals surface area contributed by atoms with Crippen LogP contribution in [0.25, 0.3) is 5.76 Å². The van der Waals surface area contributed by atoms with Gasteiger partial charge in [-0.1, -0.05) is 11.6 Å². The van der Waals surface area contributed by atoms with Gasteiger partial charge in [0.15, 0.2) is 23.4 Å². The first-order valence-electron chi connectivity index (χ1n) is 15.2. The second-order valence-corrected chi connectivity index (χ2v) is 13.9. The van der Waals surface area contributed by atoms with Gasteiger partial charge in [0.1, 0.15) is 46.2 Å². The van der Waals surface area contributed by atoms with Gasteiger partial charge in [-0.3, -0.25) is 19.3 Å². The molecule has 1 heterocycles. The Kier molecular flexibility index (Phi) is 8.94. The van der Waals surface area contributed by atoms with Crippen molar-refractivity contribution in [1.29, 1.82) is 0 Å². The van der Waals surface area contributed by atoms with Gasteiger partial charge in [0.2, 0.25) is 11.4 Å². The minimum atomic E-state index is -3.42. The summed E-state index contributed by atoms with van der Waals surface area (Å²) in [6, 6.07) is -0.822. The third-order valence-electron chi connectivity index (χ3n) is 10.6. The molecule has 17 nitrogen and oxygen atoms in total. The van der Waals surface area contributed by atoms with Gasteiger partial charge in [-0.05, 0) is 41.3 Å². The highest BCUT2D eigenvalue weighted by molar-refractivity contribution is 6.33. The average molecular weight is 714 g/mol. The topological polar surface area (TPSA) is 266 Å². The van der Waals surface area contributed by atoms with Crippen molar-refractivity contribution in [2.75, 3.05) is 28.3 Å². The van der Waals surface area contributed by atoms with Crippen molar-refractivity contribution in [3.05, 3.63) is 44.3 Å². The minimum Gasteiger partial charge on any atom is -0.600 e. The molecule has 0 bridgehead atoms. The molecular formula is C31H40ClN3O14. The molecule has 5 rings (SSSR count). The standard InChI is InChI=1S/C31H40ClN3O14/c1-11-26(47-7)28(2,35(44)45)10-15(48-11)49-29(3)12-9-30(42)23(34(4)5)22(38)18(27(33)41)25(40)31(30,43)24(39)16(12)21(37)17-13(36)8-14(46-6)20(32)19(17)29/h8,11-12,15,23,26,35-37,40,42-44H,9-10H2,1-7H3,(H2,33,41). The number of nitrogens with two attached hydrogens (primary N) is 1. The number of rotatable bonds is 7. The van der Waals surface area contributed by atoms with E-state index in [2.05, 4.69) is 0 Å². The molecule has 0 radical (unpaired) electrons. The molecule has 270 valence electrons. The van der Waals surface area contributed by atoms with Gasteiger partial charge in [0, 0.05) is 30.2 Å². The number of phenolic OH excluding ortho intramolecular Hbond substituents is 1. The summed E-state index contributed by atoms with van der Waals surface area (Å²) < 4.78 is 23.5. The number of hydrogen-bond acceptors (Lipinski definition) is 15. The van der Waals surface area contributed by atoms with Crippen LogP contribution in [-0.2, 0) is 34.2 Å². The van der Waals surface area contributed by atoms with Crippen molar-refractivity contribution in [2.45, 2.75) is 80.5 Å². The van der Waals surface area contributed by atoms with Crippen LogP contribution < -0.4 is 15.7 Å². The monoisotopic (exact) mass is 713 g/mol. The predicted molar refractivity (Wildman–Crippen MR) is 166 cm³/mol. The molecule has 1 saturated carbocycles. The Morgan fingerprint density at radius 2 is 1.78 bits per heavy atom. The molecule has 10 atom stereocenters. The van der Waals surface area contributed by atoms with E-state index >= 15 is 0 Å². The van der Waals surface area contributed by atoms with E-state index in [1.165, 1.54) is 42.2 Å². The number of methoxy groups -OCH3 is 2. The molecule has 1 aliphatic heterocycles. The summed E-state index contributed by atoms with van der Waals surface area (Å²) in [5, 5.41) is 80.0.